The first kappa shape index (κ1) is 15.8. The topological polar surface area (TPSA) is 104 Å². The fourth-order valence-corrected chi connectivity index (χ4v) is 1.67. The molecule has 0 aromatic heterocycles. The summed E-state index contributed by atoms with van der Waals surface area (Å²) in [6.07, 6.45) is 5.97. The molecule has 0 aliphatic rings. The Labute approximate surface area is 100 Å². The lowest BCUT2D eigenvalue weighted by molar-refractivity contribution is 0.446. The Morgan fingerprint density at radius 3 is 1.06 bits per heavy atom. The Morgan fingerprint density at radius 1 is 0.562 bits per heavy atom. The molecule has 0 rings (SSSR count). The van der Waals surface area contributed by atoms with Crippen LogP contribution >= 0.6 is 0 Å². The third-order valence-electron chi connectivity index (χ3n) is 2.89. The zero-order chi connectivity index (χ0) is 12.6. The molecule has 8 N–H and O–H groups in total. The van der Waals surface area contributed by atoms with Crippen molar-refractivity contribution in [1.29, 1.82) is 0 Å². The first-order valence-corrected chi connectivity index (χ1v) is 6.44. The summed E-state index contributed by atoms with van der Waals surface area (Å²) < 4.78 is 0. The van der Waals surface area contributed by atoms with Crippen LogP contribution in [0.5, 0.6) is 0 Å². The lowest BCUT2D eigenvalue weighted by Gasteiger charge is -2.17. The van der Waals surface area contributed by atoms with Crippen molar-refractivity contribution in [1.82, 2.24) is 0 Å². The van der Waals surface area contributed by atoms with E-state index in [4.69, 9.17) is 22.9 Å². The molecule has 98 valence electrons. The maximum atomic E-state index is 5.99. The van der Waals surface area contributed by atoms with Gasteiger partial charge in [0.05, 0.1) is 0 Å². The van der Waals surface area contributed by atoms with Crippen LogP contribution in [0.4, 0.5) is 0 Å². The molecule has 4 nitrogen and oxygen atoms in total. The monoisotopic (exact) mass is 230 g/mol. The summed E-state index contributed by atoms with van der Waals surface area (Å²) in [5.41, 5.74) is 23.3. The second kappa shape index (κ2) is 8.93. The molecule has 0 aromatic rings. The highest BCUT2D eigenvalue weighted by Gasteiger charge is 2.09. The summed E-state index contributed by atoms with van der Waals surface area (Å²) in [4.78, 5) is 0. The van der Waals surface area contributed by atoms with E-state index in [-0.39, 0.29) is 24.2 Å². The van der Waals surface area contributed by atoms with E-state index in [1.807, 2.05) is 13.8 Å². The molecule has 0 saturated heterocycles. The zero-order valence-electron chi connectivity index (χ0n) is 10.9. The minimum absolute atomic E-state index is 0.243. The summed E-state index contributed by atoms with van der Waals surface area (Å²) >= 11 is 0. The van der Waals surface area contributed by atoms with Crippen LogP contribution < -0.4 is 22.9 Å². The van der Waals surface area contributed by atoms with Gasteiger partial charge in [0.15, 0.2) is 0 Å². The van der Waals surface area contributed by atoms with Gasteiger partial charge in [-0.15, -0.1) is 0 Å². The average Bonchev–Trinajstić information content (AvgIpc) is 2.20. The first-order chi connectivity index (χ1) is 7.41. The van der Waals surface area contributed by atoms with Crippen LogP contribution in [0.15, 0.2) is 0 Å². The van der Waals surface area contributed by atoms with Crippen molar-refractivity contribution in [2.24, 2.45) is 22.9 Å². The van der Waals surface area contributed by atoms with Crippen LogP contribution in [-0.4, -0.2) is 24.2 Å². The molecule has 0 aromatic carbocycles. The number of hydrogen-bond donors (Lipinski definition) is 4. The zero-order valence-corrected chi connectivity index (χ0v) is 10.9. The molecule has 4 atom stereocenters. The number of hydrogen-bond acceptors (Lipinski definition) is 4. The van der Waals surface area contributed by atoms with Crippen molar-refractivity contribution in [2.45, 2.75) is 76.5 Å². The van der Waals surface area contributed by atoms with Gasteiger partial charge >= 0.3 is 0 Å². The summed E-state index contributed by atoms with van der Waals surface area (Å²) in [7, 11) is 0. The van der Waals surface area contributed by atoms with Gasteiger partial charge in [0.1, 0.15) is 0 Å². The standard InChI is InChI=1S/C12H30N4/c1-9(13)3-5-11(15)7-8-12(16)6-4-10(2)14/h9-12H,3-8,13-16H2,1-2H3. The molecule has 0 radical (unpaired) electrons. The highest BCUT2D eigenvalue weighted by Crippen LogP contribution is 2.09. The Balaban J connectivity index is 3.47. The number of nitrogens with two attached hydrogens (primary N) is 4. The molecule has 0 amide bonds. The second-order valence-corrected chi connectivity index (χ2v) is 5.21. The Kier molecular flexibility index (Phi) is 8.84. The highest BCUT2D eigenvalue weighted by molar-refractivity contribution is 4.70. The van der Waals surface area contributed by atoms with Crippen molar-refractivity contribution in [2.75, 3.05) is 0 Å². The van der Waals surface area contributed by atoms with Gasteiger partial charge < -0.3 is 22.9 Å². The molecule has 0 aliphatic carbocycles. The Morgan fingerprint density at radius 2 is 0.812 bits per heavy atom. The van der Waals surface area contributed by atoms with Crippen molar-refractivity contribution < 1.29 is 0 Å². The van der Waals surface area contributed by atoms with Gasteiger partial charge in [-0.2, -0.15) is 0 Å². The van der Waals surface area contributed by atoms with Crippen LogP contribution in [0.25, 0.3) is 0 Å². The fourth-order valence-electron chi connectivity index (χ4n) is 1.67. The maximum Gasteiger partial charge on any atom is 0.00399 e. The van der Waals surface area contributed by atoms with Gasteiger partial charge in [0.2, 0.25) is 0 Å². The van der Waals surface area contributed by atoms with E-state index >= 15 is 0 Å². The third kappa shape index (κ3) is 10.4. The predicted molar refractivity (Wildman–Crippen MR) is 71.0 cm³/mol. The molecule has 0 aliphatic heterocycles. The molecule has 0 saturated carbocycles. The number of rotatable bonds is 9. The third-order valence-corrected chi connectivity index (χ3v) is 2.89. The van der Waals surface area contributed by atoms with Gasteiger partial charge in [-0.05, 0) is 52.4 Å². The van der Waals surface area contributed by atoms with E-state index in [2.05, 4.69) is 0 Å². The lowest BCUT2D eigenvalue weighted by Crippen LogP contribution is -2.29. The van der Waals surface area contributed by atoms with Crippen LogP contribution in [0.3, 0.4) is 0 Å². The van der Waals surface area contributed by atoms with Gasteiger partial charge in [0.25, 0.3) is 0 Å². The van der Waals surface area contributed by atoms with Crippen LogP contribution in [0.1, 0.15) is 52.4 Å². The molecule has 0 heterocycles. The molecule has 0 spiro atoms. The largest absolute Gasteiger partial charge is 0.328 e. The smallest absolute Gasteiger partial charge is 0.00399 e. The maximum absolute atomic E-state index is 5.99. The van der Waals surface area contributed by atoms with E-state index < -0.39 is 0 Å². The van der Waals surface area contributed by atoms with Gasteiger partial charge in [-0.1, -0.05) is 0 Å². The molecule has 16 heavy (non-hydrogen) atoms. The average molecular weight is 230 g/mol. The summed E-state index contributed by atoms with van der Waals surface area (Å²) in [5, 5.41) is 0. The van der Waals surface area contributed by atoms with Crippen molar-refractivity contribution >= 4 is 0 Å². The molecule has 0 bridgehead atoms. The normalized spacial score (nSPS) is 19.1. The predicted octanol–water partition coefficient (Wildman–Crippen LogP) is 0.676. The van der Waals surface area contributed by atoms with E-state index in [0.717, 1.165) is 38.5 Å². The van der Waals surface area contributed by atoms with Crippen molar-refractivity contribution in [3.8, 4) is 0 Å². The SMILES string of the molecule is CC(N)CCC(N)CCC(N)CCC(C)N. The van der Waals surface area contributed by atoms with Crippen molar-refractivity contribution in [3.05, 3.63) is 0 Å². The van der Waals surface area contributed by atoms with E-state index in [1.165, 1.54) is 0 Å². The Bertz CT molecular complexity index is 141. The van der Waals surface area contributed by atoms with Crippen LogP contribution in [-0.2, 0) is 0 Å². The molecular weight excluding hydrogens is 200 g/mol. The molecule has 4 unspecified atom stereocenters. The summed E-state index contributed by atoms with van der Waals surface area (Å²) in [6.45, 7) is 4.03. The lowest BCUT2D eigenvalue weighted by atomic mass is 9.98. The van der Waals surface area contributed by atoms with Crippen LogP contribution in [0, 0.1) is 0 Å². The van der Waals surface area contributed by atoms with Gasteiger partial charge in [-0.3, -0.25) is 0 Å². The van der Waals surface area contributed by atoms with E-state index in [9.17, 15) is 0 Å². The van der Waals surface area contributed by atoms with Crippen molar-refractivity contribution in [3.63, 3.8) is 0 Å². The van der Waals surface area contributed by atoms with E-state index in [0.29, 0.717) is 0 Å². The summed E-state index contributed by atoms with van der Waals surface area (Å²) in [5.74, 6) is 0. The van der Waals surface area contributed by atoms with Gasteiger partial charge in [-0.25, -0.2) is 0 Å². The molecule has 0 fully saturated rings. The van der Waals surface area contributed by atoms with Crippen LogP contribution in [0.2, 0.25) is 0 Å². The summed E-state index contributed by atoms with van der Waals surface area (Å²) in [6, 6.07) is 0.982. The quantitative estimate of drug-likeness (QED) is 0.467. The second-order valence-electron chi connectivity index (χ2n) is 5.21. The first-order valence-electron chi connectivity index (χ1n) is 6.44. The molecular formula is C12H30N4. The van der Waals surface area contributed by atoms with E-state index in [1.54, 1.807) is 0 Å². The highest BCUT2D eigenvalue weighted by atomic mass is 14.7. The van der Waals surface area contributed by atoms with Gasteiger partial charge in [0, 0.05) is 24.2 Å². The molecule has 4 heteroatoms. The Hall–Kier alpha value is -0.160. The fraction of sp³-hybridized carbons (Fsp3) is 1.00. The minimum Gasteiger partial charge on any atom is -0.328 e. The minimum atomic E-state index is 0.243.